The van der Waals surface area contributed by atoms with E-state index in [4.69, 9.17) is 4.98 Å². The average molecular weight is 330 g/mol. The summed E-state index contributed by atoms with van der Waals surface area (Å²) < 4.78 is 15.4. The Hall–Kier alpha value is -2.94. The number of rotatable bonds is 4. The lowest BCUT2D eigenvalue weighted by Gasteiger charge is -2.11. The van der Waals surface area contributed by atoms with Crippen molar-refractivity contribution in [2.45, 2.75) is 19.9 Å². The smallest absolute Gasteiger partial charge is 0.123 e. The van der Waals surface area contributed by atoms with E-state index in [1.165, 1.54) is 23.3 Å². The molecule has 0 saturated heterocycles. The van der Waals surface area contributed by atoms with E-state index in [0.717, 1.165) is 28.8 Å². The number of benzene rings is 3. The van der Waals surface area contributed by atoms with Crippen LogP contribution in [0.5, 0.6) is 0 Å². The van der Waals surface area contributed by atoms with Crippen LogP contribution in [0.3, 0.4) is 0 Å². The molecule has 1 aromatic heterocycles. The third kappa shape index (κ3) is 3.18. The van der Waals surface area contributed by atoms with Crippen molar-refractivity contribution in [1.82, 2.24) is 9.55 Å². The lowest BCUT2D eigenvalue weighted by atomic mass is 10.1. The predicted molar refractivity (Wildman–Crippen MR) is 99.2 cm³/mol. The molecule has 0 bridgehead atoms. The van der Waals surface area contributed by atoms with Gasteiger partial charge < -0.3 is 4.57 Å². The first-order valence-corrected chi connectivity index (χ1v) is 8.44. The normalized spacial score (nSPS) is 11.1. The van der Waals surface area contributed by atoms with Gasteiger partial charge in [-0.15, -0.1) is 0 Å². The molecular formula is C22H19FN2. The Labute approximate surface area is 146 Å². The number of para-hydroxylation sites is 2. The van der Waals surface area contributed by atoms with E-state index in [-0.39, 0.29) is 5.82 Å². The number of fused-ring (bicyclic) bond motifs is 1. The fourth-order valence-corrected chi connectivity index (χ4v) is 3.19. The molecule has 25 heavy (non-hydrogen) atoms. The quantitative estimate of drug-likeness (QED) is 0.507. The number of halogens is 1. The second-order valence-electron chi connectivity index (χ2n) is 6.33. The van der Waals surface area contributed by atoms with Crippen molar-refractivity contribution < 1.29 is 4.39 Å². The summed E-state index contributed by atoms with van der Waals surface area (Å²) in [6.07, 6.45) is 0.780. The van der Waals surface area contributed by atoms with E-state index in [0.29, 0.717) is 6.54 Å². The monoisotopic (exact) mass is 330 g/mol. The molecule has 0 radical (unpaired) electrons. The van der Waals surface area contributed by atoms with Crippen LogP contribution in [0.4, 0.5) is 4.39 Å². The van der Waals surface area contributed by atoms with Crippen molar-refractivity contribution in [3.05, 3.63) is 101 Å². The van der Waals surface area contributed by atoms with Crippen LogP contribution < -0.4 is 0 Å². The second-order valence-corrected chi connectivity index (χ2v) is 6.33. The topological polar surface area (TPSA) is 17.8 Å². The van der Waals surface area contributed by atoms with E-state index < -0.39 is 0 Å². The summed E-state index contributed by atoms with van der Waals surface area (Å²) in [7, 11) is 0. The highest BCUT2D eigenvalue weighted by Crippen LogP contribution is 2.21. The summed E-state index contributed by atoms with van der Waals surface area (Å²) in [5.74, 6) is 0.819. The number of hydrogen-bond acceptors (Lipinski definition) is 1. The van der Waals surface area contributed by atoms with Crippen molar-refractivity contribution in [3.63, 3.8) is 0 Å². The van der Waals surface area contributed by atoms with Crippen LogP contribution in [-0.2, 0) is 13.0 Å². The summed E-state index contributed by atoms with van der Waals surface area (Å²) in [5.41, 5.74) is 5.71. The zero-order chi connectivity index (χ0) is 17.2. The molecule has 0 amide bonds. The summed E-state index contributed by atoms with van der Waals surface area (Å²) in [4.78, 5) is 4.85. The molecule has 0 fully saturated rings. The van der Waals surface area contributed by atoms with Gasteiger partial charge in [0, 0.05) is 13.0 Å². The molecule has 0 aliphatic carbocycles. The Balaban J connectivity index is 1.78. The van der Waals surface area contributed by atoms with Gasteiger partial charge in [-0.25, -0.2) is 9.37 Å². The largest absolute Gasteiger partial charge is 0.323 e. The number of imidazole rings is 1. The molecule has 4 rings (SSSR count). The Kier molecular flexibility index (Phi) is 4.06. The van der Waals surface area contributed by atoms with Crippen LogP contribution in [0.25, 0.3) is 11.0 Å². The standard InChI is InChI=1S/C22H19FN2/c1-16-6-2-3-7-18(16)14-22-24-20-8-4-5-9-21(20)25(22)15-17-10-12-19(23)13-11-17/h2-13H,14-15H2,1H3. The summed E-state index contributed by atoms with van der Waals surface area (Å²) in [6, 6.07) is 23.3. The molecule has 0 unspecified atom stereocenters. The number of nitrogens with zero attached hydrogens (tertiary/aromatic N) is 2. The number of hydrogen-bond donors (Lipinski definition) is 0. The van der Waals surface area contributed by atoms with Crippen molar-refractivity contribution in [2.24, 2.45) is 0 Å². The van der Waals surface area contributed by atoms with Gasteiger partial charge in [-0.1, -0.05) is 48.5 Å². The molecule has 0 aliphatic heterocycles. The highest BCUT2D eigenvalue weighted by Gasteiger charge is 2.12. The van der Waals surface area contributed by atoms with Gasteiger partial charge in [0.1, 0.15) is 11.6 Å². The molecule has 3 heteroatoms. The van der Waals surface area contributed by atoms with Crippen LogP contribution in [-0.4, -0.2) is 9.55 Å². The van der Waals surface area contributed by atoms with Gasteiger partial charge in [0.25, 0.3) is 0 Å². The van der Waals surface area contributed by atoms with Crippen molar-refractivity contribution >= 4 is 11.0 Å². The van der Waals surface area contributed by atoms with Gasteiger partial charge >= 0.3 is 0 Å². The average Bonchev–Trinajstić information content (AvgIpc) is 2.96. The molecule has 0 atom stereocenters. The van der Waals surface area contributed by atoms with Gasteiger partial charge in [0.05, 0.1) is 11.0 Å². The summed E-state index contributed by atoms with van der Waals surface area (Å²) >= 11 is 0. The minimum atomic E-state index is -0.209. The first-order valence-electron chi connectivity index (χ1n) is 8.44. The zero-order valence-electron chi connectivity index (χ0n) is 14.1. The first kappa shape index (κ1) is 15.6. The number of aromatic nitrogens is 2. The van der Waals surface area contributed by atoms with Gasteiger partial charge in [0.15, 0.2) is 0 Å². The van der Waals surface area contributed by atoms with E-state index >= 15 is 0 Å². The summed E-state index contributed by atoms with van der Waals surface area (Å²) in [6.45, 7) is 2.81. The third-order valence-electron chi connectivity index (χ3n) is 4.60. The Morgan fingerprint density at radius 1 is 0.880 bits per heavy atom. The molecule has 0 spiro atoms. The Bertz CT molecular complexity index is 1020. The molecule has 3 aromatic carbocycles. The third-order valence-corrected chi connectivity index (χ3v) is 4.60. The molecule has 2 nitrogen and oxygen atoms in total. The zero-order valence-corrected chi connectivity index (χ0v) is 14.1. The van der Waals surface area contributed by atoms with Crippen molar-refractivity contribution in [2.75, 3.05) is 0 Å². The highest BCUT2D eigenvalue weighted by atomic mass is 19.1. The predicted octanol–water partition coefficient (Wildman–Crippen LogP) is 5.12. The van der Waals surface area contributed by atoms with E-state index in [9.17, 15) is 4.39 Å². The maximum Gasteiger partial charge on any atom is 0.123 e. The lowest BCUT2D eigenvalue weighted by Crippen LogP contribution is -2.06. The Morgan fingerprint density at radius 3 is 2.40 bits per heavy atom. The SMILES string of the molecule is Cc1ccccc1Cc1nc2ccccc2n1Cc1ccc(F)cc1. The fourth-order valence-electron chi connectivity index (χ4n) is 3.19. The van der Waals surface area contributed by atoms with E-state index in [2.05, 4.69) is 41.8 Å². The maximum absolute atomic E-state index is 13.2. The van der Waals surface area contributed by atoms with Crippen molar-refractivity contribution in [3.8, 4) is 0 Å². The maximum atomic E-state index is 13.2. The van der Waals surface area contributed by atoms with E-state index in [1.807, 2.05) is 30.3 Å². The minimum Gasteiger partial charge on any atom is -0.323 e. The molecule has 0 N–H and O–H groups in total. The molecule has 1 heterocycles. The second kappa shape index (κ2) is 6.52. The van der Waals surface area contributed by atoms with E-state index in [1.54, 1.807) is 0 Å². The van der Waals surface area contributed by atoms with Gasteiger partial charge in [0.2, 0.25) is 0 Å². The van der Waals surface area contributed by atoms with Crippen LogP contribution in [0, 0.1) is 12.7 Å². The van der Waals surface area contributed by atoms with Gasteiger partial charge in [-0.3, -0.25) is 0 Å². The number of aryl methyl sites for hydroxylation is 1. The minimum absolute atomic E-state index is 0.209. The molecular weight excluding hydrogens is 311 g/mol. The fraction of sp³-hybridized carbons (Fsp3) is 0.136. The summed E-state index contributed by atoms with van der Waals surface area (Å²) in [5, 5.41) is 0. The van der Waals surface area contributed by atoms with Gasteiger partial charge in [-0.2, -0.15) is 0 Å². The highest BCUT2D eigenvalue weighted by molar-refractivity contribution is 5.76. The van der Waals surface area contributed by atoms with Crippen LogP contribution in [0.2, 0.25) is 0 Å². The van der Waals surface area contributed by atoms with Crippen LogP contribution in [0.1, 0.15) is 22.5 Å². The Morgan fingerprint density at radius 2 is 1.60 bits per heavy atom. The van der Waals surface area contributed by atoms with Gasteiger partial charge in [-0.05, 0) is 47.9 Å². The van der Waals surface area contributed by atoms with Crippen LogP contribution in [0.15, 0.2) is 72.8 Å². The molecule has 124 valence electrons. The van der Waals surface area contributed by atoms with Crippen molar-refractivity contribution in [1.29, 1.82) is 0 Å². The van der Waals surface area contributed by atoms with Crippen LogP contribution >= 0.6 is 0 Å². The molecule has 0 saturated carbocycles. The first-order chi connectivity index (χ1) is 12.2. The molecule has 4 aromatic rings. The molecule has 0 aliphatic rings. The lowest BCUT2D eigenvalue weighted by molar-refractivity contribution is 0.626.